The molecule has 0 radical (unpaired) electrons. The van der Waals surface area contributed by atoms with Crippen molar-refractivity contribution in [2.45, 2.75) is 56.7 Å². The fourth-order valence-electron chi connectivity index (χ4n) is 5.79. The highest BCUT2D eigenvalue weighted by molar-refractivity contribution is 6.07. The van der Waals surface area contributed by atoms with Crippen molar-refractivity contribution in [3.05, 3.63) is 107 Å². The number of nitrogens with zero attached hydrogens (tertiary/aromatic N) is 1. The number of Topliss-reactive ketones (excluding diaryl/α,β-unsaturated/α-hetero) is 1. The van der Waals surface area contributed by atoms with Gasteiger partial charge in [-0.25, -0.2) is 0 Å². The first-order valence-electron chi connectivity index (χ1n) is 13.8. The van der Waals surface area contributed by atoms with Crippen molar-refractivity contribution < 1.29 is 24.9 Å². The second-order valence-electron chi connectivity index (χ2n) is 10.9. The summed E-state index contributed by atoms with van der Waals surface area (Å²) in [6, 6.07) is 26.6. The minimum atomic E-state index is -1.59. The number of hydrogen-bond acceptors (Lipinski definition) is 5. The Kier molecular flexibility index (Phi) is 9.01. The lowest BCUT2D eigenvalue weighted by molar-refractivity contribution is -0.147. The quantitative estimate of drug-likeness (QED) is 0.300. The second-order valence-corrected chi connectivity index (χ2v) is 10.9. The summed E-state index contributed by atoms with van der Waals surface area (Å²) in [7, 11) is 0. The van der Waals surface area contributed by atoms with Crippen LogP contribution in [-0.2, 0) is 20.6 Å². The van der Waals surface area contributed by atoms with Crippen LogP contribution in [0.2, 0.25) is 0 Å². The molecule has 0 aliphatic carbocycles. The number of carboxylic acids is 1. The summed E-state index contributed by atoms with van der Waals surface area (Å²) < 4.78 is 0. The monoisotopic (exact) mass is 529 g/mol. The van der Waals surface area contributed by atoms with Gasteiger partial charge in [-0.1, -0.05) is 84.9 Å². The fourth-order valence-corrected chi connectivity index (χ4v) is 5.79. The number of benzene rings is 3. The van der Waals surface area contributed by atoms with Gasteiger partial charge in [0.25, 0.3) is 0 Å². The summed E-state index contributed by atoms with van der Waals surface area (Å²) in [5.41, 5.74) is 0.349. The molecule has 0 amide bonds. The number of aliphatic hydroxyl groups excluding tert-OH is 1. The van der Waals surface area contributed by atoms with E-state index in [-0.39, 0.29) is 5.92 Å². The third kappa shape index (κ3) is 5.98. The molecule has 206 valence electrons. The van der Waals surface area contributed by atoms with Crippen LogP contribution in [0, 0.1) is 5.92 Å². The number of carbonyl (C=O) groups excluding carboxylic acids is 1. The molecule has 3 N–H and O–H groups in total. The van der Waals surface area contributed by atoms with Gasteiger partial charge in [-0.2, -0.15) is 0 Å². The van der Waals surface area contributed by atoms with E-state index in [1.54, 1.807) is 24.3 Å². The van der Waals surface area contributed by atoms with Crippen LogP contribution in [0.25, 0.3) is 0 Å². The van der Waals surface area contributed by atoms with E-state index in [1.807, 2.05) is 60.7 Å². The van der Waals surface area contributed by atoms with Crippen LogP contribution in [0.4, 0.5) is 0 Å². The van der Waals surface area contributed by atoms with E-state index in [2.05, 4.69) is 4.90 Å². The maximum Gasteiger partial charge on any atom is 0.321 e. The maximum absolute atomic E-state index is 12.1. The Bertz CT molecular complexity index is 1180. The first kappa shape index (κ1) is 28.7. The number of hydrogen-bond donors (Lipinski definition) is 3. The molecule has 0 saturated carbocycles. The number of aliphatic carboxylic acids is 1. The molecule has 0 bridgehead atoms. The van der Waals surface area contributed by atoms with Gasteiger partial charge in [-0.05, 0) is 87.3 Å². The standard InChI is InChI=1S/C33H39NO5/c1-24(35)32(2,31(37)38)26-17-15-25(16-18-26)30(36)14-9-21-34-22-19-29(20-23-34)33(39,27-10-5-3-6-11-27)28-12-7-4-8-13-28/h3-8,10-13,15-18,29-30,36,39H,9,14,19-23H2,1-2H3,(H,37,38). The van der Waals surface area contributed by atoms with E-state index in [9.17, 15) is 24.9 Å². The molecule has 2 unspecified atom stereocenters. The minimum Gasteiger partial charge on any atom is -0.480 e. The number of carbonyl (C=O) groups is 2. The predicted molar refractivity (Wildman–Crippen MR) is 151 cm³/mol. The van der Waals surface area contributed by atoms with E-state index in [0.717, 1.165) is 50.0 Å². The highest BCUT2D eigenvalue weighted by Crippen LogP contribution is 2.42. The molecule has 4 rings (SSSR count). The van der Waals surface area contributed by atoms with E-state index >= 15 is 0 Å². The topological polar surface area (TPSA) is 98.1 Å². The lowest BCUT2D eigenvalue weighted by atomic mass is 9.72. The van der Waals surface area contributed by atoms with Crippen LogP contribution in [-0.4, -0.2) is 51.6 Å². The zero-order valence-corrected chi connectivity index (χ0v) is 22.8. The Morgan fingerprint density at radius 3 is 1.85 bits per heavy atom. The molecule has 39 heavy (non-hydrogen) atoms. The van der Waals surface area contributed by atoms with Crippen LogP contribution in [0.5, 0.6) is 0 Å². The van der Waals surface area contributed by atoms with Crippen molar-refractivity contribution in [3.8, 4) is 0 Å². The second kappa shape index (κ2) is 12.2. The molecular weight excluding hydrogens is 490 g/mol. The van der Waals surface area contributed by atoms with Crippen LogP contribution >= 0.6 is 0 Å². The van der Waals surface area contributed by atoms with Crippen LogP contribution in [0.15, 0.2) is 84.9 Å². The van der Waals surface area contributed by atoms with E-state index in [1.165, 1.54) is 13.8 Å². The zero-order chi connectivity index (χ0) is 28.0. The number of ketones is 1. The molecule has 6 nitrogen and oxygen atoms in total. The van der Waals surface area contributed by atoms with Gasteiger partial charge in [0.15, 0.2) is 5.78 Å². The van der Waals surface area contributed by atoms with Crippen molar-refractivity contribution in [3.63, 3.8) is 0 Å². The van der Waals surface area contributed by atoms with E-state index < -0.39 is 28.9 Å². The molecule has 1 aliphatic heterocycles. The van der Waals surface area contributed by atoms with E-state index in [4.69, 9.17) is 0 Å². The van der Waals surface area contributed by atoms with Crippen LogP contribution in [0.1, 0.15) is 67.9 Å². The number of aliphatic hydroxyl groups is 2. The van der Waals surface area contributed by atoms with Crippen molar-refractivity contribution in [1.29, 1.82) is 0 Å². The van der Waals surface area contributed by atoms with Gasteiger partial charge >= 0.3 is 5.97 Å². The summed E-state index contributed by atoms with van der Waals surface area (Å²) in [6.07, 6.45) is 2.49. The molecule has 6 heteroatoms. The Balaban J connectivity index is 1.32. The van der Waals surface area contributed by atoms with Gasteiger partial charge in [0.1, 0.15) is 11.0 Å². The summed E-state index contributed by atoms with van der Waals surface area (Å²) >= 11 is 0. The van der Waals surface area contributed by atoms with Crippen LogP contribution in [0.3, 0.4) is 0 Å². The number of carboxylic acid groups (broad SMARTS) is 1. The molecular formula is C33H39NO5. The molecule has 3 aromatic rings. The Morgan fingerprint density at radius 1 is 0.872 bits per heavy atom. The van der Waals surface area contributed by atoms with Gasteiger partial charge < -0.3 is 20.2 Å². The maximum atomic E-state index is 12.1. The number of piperidine rings is 1. The molecule has 1 heterocycles. The average molecular weight is 530 g/mol. The summed E-state index contributed by atoms with van der Waals surface area (Å²) in [5, 5.41) is 32.4. The third-order valence-electron chi connectivity index (χ3n) is 8.56. The predicted octanol–water partition coefficient (Wildman–Crippen LogP) is 5.08. The van der Waals surface area contributed by atoms with Gasteiger partial charge in [-0.15, -0.1) is 0 Å². The Morgan fingerprint density at radius 2 is 1.38 bits per heavy atom. The minimum absolute atomic E-state index is 0.106. The summed E-state index contributed by atoms with van der Waals surface area (Å²) in [4.78, 5) is 26.1. The molecule has 1 aliphatic rings. The molecule has 2 atom stereocenters. The van der Waals surface area contributed by atoms with Crippen LogP contribution < -0.4 is 0 Å². The lowest BCUT2D eigenvalue weighted by Crippen LogP contribution is -2.44. The summed E-state index contributed by atoms with van der Waals surface area (Å²) in [5.74, 6) is -1.51. The largest absolute Gasteiger partial charge is 0.480 e. The highest BCUT2D eigenvalue weighted by atomic mass is 16.4. The first-order chi connectivity index (χ1) is 18.7. The van der Waals surface area contributed by atoms with E-state index in [0.29, 0.717) is 17.5 Å². The van der Waals surface area contributed by atoms with Crippen molar-refractivity contribution in [2.75, 3.05) is 19.6 Å². The Labute approximate surface area is 230 Å². The van der Waals surface area contributed by atoms with Gasteiger partial charge in [-0.3, -0.25) is 9.59 Å². The van der Waals surface area contributed by atoms with Gasteiger partial charge in [0.05, 0.1) is 6.10 Å². The van der Waals surface area contributed by atoms with Gasteiger partial charge in [0, 0.05) is 0 Å². The zero-order valence-electron chi connectivity index (χ0n) is 22.8. The molecule has 1 fully saturated rings. The molecule has 3 aromatic carbocycles. The van der Waals surface area contributed by atoms with Crippen molar-refractivity contribution in [2.24, 2.45) is 5.92 Å². The smallest absolute Gasteiger partial charge is 0.321 e. The fraction of sp³-hybridized carbons (Fsp3) is 0.394. The number of likely N-dealkylation sites (tertiary alicyclic amines) is 1. The van der Waals surface area contributed by atoms with Crippen molar-refractivity contribution in [1.82, 2.24) is 4.90 Å². The third-order valence-corrected chi connectivity index (χ3v) is 8.56. The number of rotatable bonds is 11. The molecule has 0 aromatic heterocycles. The summed E-state index contributed by atoms with van der Waals surface area (Å²) in [6.45, 7) is 5.32. The average Bonchev–Trinajstić information content (AvgIpc) is 2.97. The first-order valence-corrected chi connectivity index (χ1v) is 13.8. The normalized spacial score (nSPS) is 17.3. The lowest BCUT2D eigenvalue weighted by Gasteiger charge is -2.42. The molecule has 0 spiro atoms. The van der Waals surface area contributed by atoms with Gasteiger partial charge in [0.2, 0.25) is 0 Å². The van der Waals surface area contributed by atoms with Crippen molar-refractivity contribution >= 4 is 11.8 Å². The Hall–Kier alpha value is -3.32. The highest BCUT2D eigenvalue weighted by Gasteiger charge is 2.42. The SMILES string of the molecule is CC(=O)C(C)(C(=O)O)c1ccc(C(O)CCCN2CCC(C(O)(c3ccccc3)c3ccccc3)CC2)cc1. The molecule has 1 saturated heterocycles.